The summed E-state index contributed by atoms with van der Waals surface area (Å²) in [6, 6.07) is 22.7. The molecule has 7 nitrogen and oxygen atoms in total. The smallest absolute Gasteiger partial charge is 0.410 e. The van der Waals surface area contributed by atoms with Gasteiger partial charge in [0.25, 0.3) is 0 Å². The molecule has 0 bridgehead atoms. The number of carboxylic acids is 1. The number of amides is 2. The lowest BCUT2D eigenvalue weighted by Gasteiger charge is -2.30. The third kappa shape index (κ3) is 5.88. The largest absolute Gasteiger partial charge is 0.481 e. The van der Waals surface area contributed by atoms with E-state index in [9.17, 15) is 19.5 Å². The highest BCUT2D eigenvalue weighted by molar-refractivity contribution is 5.85. The molecule has 1 atom stereocenters. The van der Waals surface area contributed by atoms with Crippen LogP contribution in [0.25, 0.3) is 11.1 Å². The van der Waals surface area contributed by atoms with Crippen LogP contribution >= 0.6 is 0 Å². The van der Waals surface area contributed by atoms with Crippen LogP contribution in [0.5, 0.6) is 0 Å². The molecule has 0 saturated carbocycles. The van der Waals surface area contributed by atoms with Gasteiger partial charge in [0, 0.05) is 18.9 Å². The van der Waals surface area contributed by atoms with E-state index < -0.39 is 24.0 Å². The zero-order valence-corrected chi connectivity index (χ0v) is 22.0. The minimum absolute atomic E-state index is 0.0394. The van der Waals surface area contributed by atoms with Gasteiger partial charge in [0.05, 0.1) is 0 Å². The molecule has 3 aromatic rings. The highest BCUT2D eigenvalue weighted by Crippen LogP contribution is 2.44. The molecule has 198 valence electrons. The summed E-state index contributed by atoms with van der Waals surface area (Å²) < 4.78 is 5.82. The molecular formula is C31H34N2O5. The Morgan fingerprint density at radius 2 is 1.47 bits per heavy atom. The number of ether oxygens (including phenoxy) is 1. The van der Waals surface area contributed by atoms with Crippen molar-refractivity contribution in [2.45, 2.75) is 57.5 Å². The van der Waals surface area contributed by atoms with E-state index in [2.05, 4.69) is 32.9 Å². The molecule has 0 heterocycles. The Kier molecular flexibility index (Phi) is 7.86. The van der Waals surface area contributed by atoms with Gasteiger partial charge < -0.3 is 15.6 Å². The second kappa shape index (κ2) is 11.1. The summed E-state index contributed by atoms with van der Waals surface area (Å²) >= 11 is 0. The van der Waals surface area contributed by atoms with Crippen LogP contribution in [0.1, 0.15) is 61.8 Å². The van der Waals surface area contributed by atoms with E-state index in [0.717, 1.165) is 33.4 Å². The second-order valence-corrected chi connectivity index (χ2v) is 10.7. The number of carboxylic acid groups (broad SMARTS) is 1. The van der Waals surface area contributed by atoms with Gasteiger partial charge in [-0.2, -0.15) is 0 Å². The van der Waals surface area contributed by atoms with Crippen molar-refractivity contribution in [3.05, 3.63) is 95.1 Å². The molecule has 0 saturated heterocycles. The first-order chi connectivity index (χ1) is 18.1. The van der Waals surface area contributed by atoms with Crippen LogP contribution in [-0.2, 0) is 26.3 Å². The Morgan fingerprint density at radius 3 is 1.97 bits per heavy atom. The van der Waals surface area contributed by atoms with Crippen LogP contribution in [0.4, 0.5) is 4.79 Å². The molecule has 1 aliphatic rings. The van der Waals surface area contributed by atoms with Crippen molar-refractivity contribution in [1.29, 1.82) is 0 Å². The number of carbonyl (C=O) groups excluding carboxylic acids is 2. The third-order valence-corrected chi connectivity index (χ3v) is 7.08. The number of nitrogens with zero attached hydrogens (tertiary/aromatic N) is 1. The van der Waals surface area contributed by atoms with Crippen molar-refractivity contribution in [3.8, 4) is 11.1 Å². The van der Waals surface area contributed by atoms with Crippen LogP contribution in [0.3, 0.4) is 0 Å². The number of nitrogens with two attached hydrogens (primary N) is 1. The zero-order valence-electron chi connectivity index (χ0n) is 22.0. The zero-order chi connectivity index (χ0) is 27.4. The highest BCUT2D eigenvalue weighted by atomic mass is 16.6. The van der Waals surface area contributed by atoms with Crippen LogP contribution in [0.15, 0.2) is 72.8 Å². The fourth-order valence-corrected chi connectivity index (χ4v) is 5.00. The first-order valence-electron chi connectivity index (χ1n) is 12.8. The molecule has 1 aliphatic carbocycles. The second-order valence-electron chi connectivity index (χ2n) is 10.7. The molecule has 38 heavy (non-hydrogen) atoms. The Hall–Kier alpha value is -4.13. The van der Waals surface area contributed by atoms with Crippen LogP contribution in [0, 0.1) is 0 Å². The molecule has 0 aliphatic heterocycles. The summed E-state index contributed by atoms with van der Waals surface area (Å²) in [6.45, 7) is 6.48. The van der Waals surface area contributed by atoms with Crippen molar-refractivity contribution in [3.63, 3.8) is 0 Å². The standard InChI is InChI=1S/C31H34N2O5/c1-31(2,3)21-14-12-20(13-15-21)18-33(27(29(32)36)16-17-28(34)35)30(37)38-19-26-24-10-6-4-8-22(24)23-9-5-7-11-25(23)26/h4-15,26-27H,16-19H2,1-3H3,(H2,32,36)(H,34,35)/t27-/m0/s1. The SMILES string of the molecule is CC(C)(C)c1ccc(CN(C(=O)OCC2c3ccccc3-c3ccccc32)[C@@H](CCC(=O)O)C(N)=O)cc1. The Labute approximate surface area is 223 Å². The average molecular weight is 515 g/mol. The summed E-state index contributed by atoms with van der Waals surface area (Å²) in [5.41, 5.74) is 11.9. The number of primary amides is 1. The van der Waals surface area contributed by atoms with Crippen molar-refractivity contribution >= 4 is 18.0 Å². The molecule has 2 amide bonds. The van der Waals surface area contributed by atoms with Crippen molar-refractivity contribution in [2.24, 2.45) is 5.73 Å². The van der Waals surface area contributed by atoms with Gasteiger partial charge in [-0.1, -0.05) is 93.6 Å². The lowest BCUT2D eigenvalue weighted by atomic mass is 9.86. The Morgan fingerprint density at radius 1 is 0.921 bits per heavy atom. The molecule has 0 radical (unpaired) electrons. The number of benzene rings is 3. The number of rotatable bonds is 9. The Balaban J connectivity index is 1.58. The minimum atomic E-state index is -1.12. The quantitative estimate of drug-likeness (QED) is 0.394. The summed E-state index contributed by atoms with van der Waals surface area (Å²) in [4.78, 5) is 38.4. The van der Waals surface area contributed by atoms with Gasteiger partial charge in [-0.15, -0.1) is 0 Å². The van der Waals surface area contributed by atoms with E-state index in [1.807, 2.05) is 60.7 Å². The fourth-order valence-electron chi connectivity index (χ4n) is 5.00. The molecule has 0 unspecified atom stereocenters. The van der Waals surface area contributed by atoms with E-state index in [-0.39, 0.29) is 37.3 Å². The fraction of sp³-hybridized carbons (Fsp3) is 0.323. The highest BCUT2D eigenvalue weighted by Gasteiger charge is 2.33. The molecular weight excluding hydrogens is 480 g/mol. The van der Waals surface area contributed by atoms with Gasteiger partial charge >= 0.3 is 12.1 Å². The summed E-state index contributed by atoms with van der Waals surface area (Å²) in [5.74, 6) is -1.99. The van der Waals surface area contributed by atoms with Gasteiger partial charge in [0.2, 0.25) is 5.91 Å². The van der Waals surface area contributed by atoms with E-state index >= 15 is 0 Å². The maximum absolute atomic E-state index is 13.5. The summed E-state index contributed by atoms with van der Waals surface area (Å²) in [7, 11) is 0. The van der Waals surface area contributed by atoms with Crippen molar-refractivity contribution in [1.82, 2.24) is 4.90 Å². The van der Waals surface area contributed by atoms with Crippen LogP contribution < -0.4 is 5.73 Å². The van der Waals surface area contributed by atoms with Gasteiger partial charge in [0.15, 0.2) is 0 Å². The van der Waals surface area contributed by atoms with Crippen LogP contribution in [0.2, 0.25) is 0 Å². The Bertz CT molecular complexity index is 1280. The number of hydrogen-bond donors (Lipinski definition) is 2. The lowest BCUT2D eigenvalue weighted by Crippen LogP contribution is -2.48. The third-order valence-electron chi connectivity index (χ3n) is 7.08. The van der Waals surface area contributed by atoms with E-state index in [1.165, 1.54) is 4.90 Å². The number of hydrogen-bond acceptors (Lipinski definition) is 4. The number of aliphatic carboxylic acids is 1. The maximum Gasteiger partial charge on any atom is 0.410 e. The number of carbonyl (C=O) groups is 3. The molecule has 3 N–H and O–H groups in total. The van der Waals surface area contributed by atoms with Crippen LogP contribution in [-0.4, -0.2) is 40.6 Å². The van der Waals surface area contributed by atoms with Crippen molar-refractivity contribution < 1.29 is 24.2 Å². The number of fused-ring (bicyclic) bond motifs is 3. The maximum atomic E-state index is 13.5. The van der Waals surface area contributed by atoms with Gasteiger partial charge in [-0.25, -0.2) is 4.79 Å². The minimum Gasteiger partial charge on any atom is -0.481 e. The predicted molar refractivity (Wildman–Crippen MR) is 146 cm³/mol. The monoisotopic (exact) mass is 514 g/mol. The molecule has 0 aromatic heterocycles. The lowest BCUT2D eigenvalue weighted by molar-refractivity contribution is -0.137. The molecule has 7 heteroatoms. The summed E-state index contributed by atoms with van der Waals surface area (Å²) in [5, 5.41) is 9.21. The summed E-state index contributed by atoms with van der Waals surface area (Å²) in [6.07, 6.45) is -1.11. The van der Waals surface area contributed by atoms with Gasteiger partial charge in [0.1, 0.15) is 12.6 Å². The molecule has 0 fully saturated rings. The van der Waals surface area contributed by atoms with Gasteiger partial charge in [-0.3, -0.25) is 14.5 Å². The first kappa shape index (κ1) is 26.9. The molecule has 3 aromatic carbocycles. The first-order valence-corrected chi connectivity index (χ1v) is 12.8. The van der Waals surface area contributed by atoms with E-state index in [1.54, 1.807) is 0 Å². The molecule has 0 spiro atoms. The predicted octanol–water partition coefficient (Wildman–Crippen LogP) is 5.45. The average Bonchev–Trinajstić information content (AvgIpc) is 3.20. The van der Waals surface area contributed by atoms with E-state index in [0.29, 0.717) is 0 Å². The van der Waals surface area contributed by atoms with Crippen molar-refractivity contribution in [2.75, 3.05) is 6.61 Å². The van der Waals surface area contributed by atoms with Gasteiger partial charge in [-0.05, 0) is 45.2 Å². The van der Waals surface area contributed by atoms with E-state index in [4.69, 9.17) is 10.5 Å². The normalized spacial score (nSPS) is 13.3. The molecule has 4 rings (SSSR count). The topological polar surface area (TPSA) is 110 Å².